The molecule has 1 atom stereocenters. The van der Waals surface area contributed by atoms with Crippen molar-refractivity contribution in [2.75, 3.05) is 0 Å². The Kier molecular flexibility index (Phi) is 3.20. The minimum Gasteiger partial charge on any atom is -0.481 e. The van der Waals surface area contributed by atoms with Gasteiger partial charge in [0.25, 0.3) is 0 Å². The standard InChI is InChI=1S/C7H8O3/c1-3-4-6(5(2)8)7(9)10/h1,6H,4H2,2H3,(H,9,10). The number of carbonyl (C=O) groups excluding carboxylic acids is 1. The van der Waals surface area contributed by atoms with Gasteiger partial charge in [-0.05, 0) is 6.92 Å². The molecule has 0 bridgehead atoms. The van der Waals surface area contributed by atoms with Crippen LogP contribution in [0.2, 0.25) is 0 Å². The van der Waals surface area contributed by atoms with E-state index in [1.165, 1.54) is 6.92 Å². The van der Waals surface area contributed by atoms with Gasteiger partial charge in [0.2, 0.25) is 0 Å². The summed E-state index contributed by atoms with van der Waals surface area (Å²) in [5.41, 5.74) is 0. The molecule has 0 saturated carbocycles. The Bertz CT molecular complexity index is 174. The van der Waals surface area contributed by atoms with Crippen LogP contribution in [-0.2, 0) is 9.59 Å². The Balaban J connectivity index is 4.15. The first kappa shape index (κ1) is 8.70. The van der Waals surface area contributed by atoms with E-state index in [0.717, 1.165) is 0 Å². The maximum Gasteiger partial charge on any atom is 0.315 e. The van der Waals surface area contributed by atoms with Gasteiger partial charge < -0.3 is 5.11 Å². The zero-order valence-corrected chi connectivity index (χ0v) is 5.63. The molecular formula is C7H8O3. The zero-order valence-electron chi connectivity index (χ0n) is 5.63. The Morgan fingerprint density at radius 2 is 2.20 bits per heavy atom. The molecule has 0 aromatic rings. The summed E-state index contributed by atoms with van der Waals surface area (Å²) in [4.78, 5) is 20.7. The largest absolute Gasteiger partial charge is 0.481 e. The second kappa shape index (κ2) is 3.67. The van der Waals surface area contributed by atoms with E-state index in [1.54, 1.807) is 0 Å². The van der Waals surface area contributed by atoms with Crippen LogP contribution < -0.4 is 0 Å². The molecule has 1 N–H and O–H groups in total. The smallest absolute Gasteiger partial charge is 0.315 e. The van der Waals surface area contributed by atoms with Crippen molar-refractivity contribution in [2.24, 2.45) is 5.92 Å². The normalized spacial score (nSPS) is 11.6. The van der Waals surface area contributed by atoms with E-state index in [1.807, 2.05) is 0 Å². The SMILES string of the molecule is C#CCC(C(C)=O)C(=O)O. The summed E-state index contributed by atoms with van der Waals surface area (Å²) in [6.45, 7) is 1.22. The lowest BCUT2D eigenvalue weighted by Crippen LogP contribution is -2.20. The van der Waals surface area contributed by atoms with Crippen LogP contribution in [0.3, 0.4) is 0 Å². The summed E-state index contributed by atoms with van der Waals surface area (Å²) in [6.07, 6.45) is 4.82. The predicted molar refractivity (Wildman–Crippen MR) is 35.3 cm³/mol. The highest BCUT2D eigenvalue weighted by molar-refractivity contribution is 5.97. The maximum absolute atomic E-state index is 10.5. The second-order valence-corrected chi connectivity index (χ2v) is 1.91. The van der Waals surface area contributed by atoms with Crippen molar-refractivity contribution in [3.8, 4) is 12.3 Å². The van der Waals surface area contributed by atoms with E-state index in [9.17, 15) is 9.59 Å². The maximum atomic E-state index is 10.5. The van der Waals surface area contributed by atoms with Gasteiger partial charge in [-0.3, -0.25) is 9.59 Å². The lowest BCUT2D eigenvalue weighted by molar-refractivity contribution is -0.145. The van der Waals surface area contributed by atoms with Gasteiger partial charge in [0.05, 0.1) is 0 Å². The fourth-order valence-corrected chi connectivity index (χ4v) is 0.523. The third kappa shape index (κ3) is 2.31. The summed E-state index contributed by atoms with van der Waals surface area (Å²) in [6, 6.07) is 0. The number of hydrogen-bond donors (Lipinski definition) is 1. The highest BCUT2D eigenvalue weighted by Gasteiger charge is 2.20. The van der Waals surface area contributed by atoms with Crippen LogP contribution in [0.1, 0.15) is 13.3 Å². The molecule has 10 heavy (non-hydrogen) atoms. The van der Waals surface area contributed by atoms with Crippen molar-refractivity contribution in [1.82, 2.24) is 0 Å². The quantitative estimate of drug-likeness (QED) is 0.453. The molecule has 0 aromatic carbocycles. The fourth-order valence-electron chi connectivity index (χ4n) is 0.523. The van der Waals surface area contributed by atoms with E-state index in [4.69, 9.17) is 11.5 Å². The van der Waals surface area contributed by atoms with Crippen LogP contribution in [0.15, 0.2) is 0 Å². The van der Waals surface area contributed by atoms with Gasteiger partial charge in [-0.15, -0.1) is 12.3 Å². The lowest BCUT2D eigenvalue weighted by Gasteiger charge is -2.01. The van der Waals surface area contributed by atoms with Crippen LogP contribution in [0.4, 0.5) is 0 Å². The van der Waals surface area contributed by atoms with Gasteiger partial charge in [-0.25, -0.2) is 0 Å². The van der Waals surface area contributed by atoms with Crippen molar-refractivity contribution in [3.05, 3.63) is 0 Å². The van der Waals surface area contributed by atoms with Crippen LogP contribution in [-0.4, -0.2) is 16.9 Å². The molecule has 3 heteroatoms. The lowest BCUT2D eigenvalue weighted by atomic mass is 10.0. The first-order valence-corrected chi connectivity index (χ1v) is 2.76. The predicted octanol–water partition coefficient (Wildman–Crippen LogP) is 0.299. The highest BCUT2D eigenvalue weighted by atomic mass is 16.4. The zero-order chi connectivity index (χ0) is 8.15. The van der Waals surface area contributed by atoms with Crippen molar-refractivity contribution < 1.29 is 14.7 Å². The Morgan fingerprint density at radius 3 is 2.30 bits per heavy atom. The van der Waals surface area contributed by atoms with Crippen LogP contribution >= 0.6 is 0 Å². The number of carbonyl (C=O) groups is 2. The number of rotatable bonds is 3. The van der Waals surface area contributed by atoms with Gasteiger partial charge in [0.15, 0.2) is 0 Å². The van der Waals surface area contributed by atoms with Gasteiger partial charge in [0, 0.05) is 6.42 Å². The van der Waals surface area contributed by atoms with Crippen LogP contribution in [0.5, 0.6) is 0 Å². The van der Waals surface area contributed by atoms with Gasteiger partial charge in [0.1, 0.15) is 11.7 Å². The van der Waals surface area contributed by atoms with Crippen molar-refractivity contribution in [3.63, 3.8) is 0 Å². The molecule has 0 heterocycles. The average Bonchev–Trinajstić information content (AvgIpc) is 1.81. The monoisotopic (exact) mass is 140 g/mol. The number of carboxylic acid groups (broad SMARTS) is 1. The van der Waals surface area contributed by atoms with E-state index in [0.29, 0.717) is 0 Å². The van der Waals surface area contributed by atoms with Gasteiger partial charge in [-0.2, -0.15) is 0 Å². The molecule has 0 aliphatic carbocycles. The molecule has 0 radical (unpaired) electrons. The summed E-state index contributed by atoms with van der Waals surface area (Å²) in [7, 11) is 0. The molecule has 3 nitrogen and oxygen atoms in total. The van der Waals surface area contributed by atoms with Crippen molar-refractivity contribution in [1.29, 1.82) is 0 Å². The molecule has 0 aliphatic rings. The third-order valence-corrected chi connectivity index (χ3v) is 1.11. The molecule has 0 aliphatic heterocycles. The van der Waals surface area contributed by atoms with Crippen LogP contribution in [0.25, 0.3) is 0 Å². The van der Waals surface area contributed by atoms with E-state index in [2.05, 4.69) is 5.92 Å². The summed E-state index contributed by atoms with van der Waals surface area (Å²) >= 11 is 0. The second-order valence-electron chi connectivity index (χ2n) is 1.91. The van der Waals surface area contributed by atoms with Gasteiger partial charge in [-0.1, -0.05) is 0 Å². The number of Topliss-reactive ketones (excluding diaryl/α,β-unsaturated/α-hetero) is 1. The highest BCUT2D eigenvalue weighted by Crippen LogP contribution is 2.02. The Hall–Kier alpha value is -1.30. The number of terminal acetylenes is 1. The topological polar surface area (TPSA) is 54.4 Å². The molecular weight excluding hydrogens is 132 g/mol. The Morgan fingerprint density at radius 1 is 1.70 bits per heavy atom. The molecule has 0 fully saturated rings. The molecule has 0 rings (SSSR count). The number of carboxylic acids is 1. The summed E-state index contributed by atoms with van der Waals surface area (Å²) in [5, 5.41) is 8.36. The summed E-state index contributed by atoms with van der Waals surface area (Å²) in [5.74, 6) is -0.440. The van der Waals surface area contributed by atoms with Crippen LogP contribution in [0, 0.1) is 18.3 Å². The van der Waals surface area contributed by atoms with E-state index < -0.39 is 17.7 Å². The molecule has 0 amide bonds. The van der Waals surface area contributed by atoms with Crippen molar-refractivity contribution >= 4 is 11.8 Å². The molecule has 0 spiro atoms. The number of aliphatic carboxylic acids is 1. The van der Waals surface area contributed by atoms with Gasteiger partial charge >= 0.3 is 5.97 Å². The van der Waals surface area contributed by atoms with Crippen molar-refractivity contribution in [2.45, 2.75) is 13.3 Å². The minimum absolute atomic E-state index is 0.0231. The molecule has 0 saturated heterocycles. The summed E-state index contributed by atoms with van der Waals surface area (Å²) < 4.78 is 0. The first-order valence-electron chi connectivity index (χ1n) is 2.76. The molecule has 54 valence electrons. The third-order valence-electron chi connectivity index (χ3n) is 1.11. The first-order chi connectivity index (χ1) is 4.59. The number of hydrogen-bond acceptors (Lipinski definition) is 2. The molecule has 0 aromatic heterocycles. The van der Waals surface area contributed by atoms with E-state index >= 15 is 0 Å². The molecule has 1 unspecified atom stereocenters. The number of ketones is 1. The Labute approximate surface area is 59.0 Å². The van der Waals surface area contributed by atoms with E-state index in [-0.39, 0.29) is 6.42 Å². The minimum atomic E-state index is -1.15. The average molecular weight is 140 g/mol. The fraction of sp³-hybridized carbons (Fsp3) is 0.429.